The van der Waals surface area contributed by atoms with E-state index in [1.165, 1.54) is 5.57 Å². The molecule has 0 bridgehead atoms. The lowest BCUT2D eigenvalue weighted by atomic mass is 10.3. The van der Waals surface area contributed by atoms with E-state index < -0.39 is 0 Å². The average Bonchev–Trinajstić information content (AvgIpc) is 1.63. The fourth-order valence-corrected chi connectivity index (χ4v) is 0.643. The smallest absolute Gasteiger partial charge is 0.0198 e. The van der Waals surface area contributed by atoms with Crippen LogP contribution in [0.25, 0.3) is 0 Å². The highest BCUT2D eigenvalue weighted by molar-refractivity contribution is 6.29. The molecule has 0 amide bonds. The monoisotopic (exact) mass is 147 g/mol. The Morgan fingerprint density at radius 1 is 1.33 bits per heavy atom. The van der Waals surface area contributed by atoms with Crippen molar-refractivity contribution in [2.45, 2.75) is 13.8 Å². The number of halogens is 1. The lowest BCUT2D eigenvalue weighted by Crippen LogP contribution is -2.14. The molecular weight excluding hydrogens is 134 g/mol. The molecule has 0 aliphatic heterocycles. The van der Waals surface area contributed by atoms with E-state index in [-0.39, 0.29) is 0 Å². The van der Waals surface area contributed by atoms with Crippen molar-refractivity contribution in [2.24, 2.45) is 0 Å². The molecule has 0 aromatic carbocycles. The molecule has 0 saturated carbocycles. The van der Waals surface area contributed by atoms with Crippen molar-refractivity contribution < 1.29 is 0 Å². The summed E-state index contributed by atoms with van der Waals surface area (Å²) in [7, 11) is 4.06. The Balaban J connectivity index is 3.77. The highest BCUT2D eigenvalue weighted by Gasteiger charge is 1.94. The molecule has 0 spiro atoms. The summed E-state index contributed by atoms with van der Waals surface area (Å²) in [4.78, 5) is 2.10. The van der Waals surface area contributed by atoms with Gasteiger partial charge in [0, 0.05) is 11.6 Å². The van der Waals surface area contributed by atoms with Crippen molar-refractivity contribution in [1.29, 1.82) is 0 Å². The molecule has 0 aromatic rings. The summed E-state index contributed by atoms with van der Waals surface area (Å²) in [6, 6.07) is 0. The molecule has 0 N–H and O–H groups in total. The highest BCUT2D eigenvalue weighted by atomic mass is 35.5. The van der Waals surface area contributed by atoms with Crippen molar-refractivity contribution in [1.82, 2.24) is 4.90 Å². The van der Waals surface area contributed by atoms with Gasteiger partial charge in [-0.3, -0.25) is 0 Å². The van der Waals surface area contributed by atoms with E-state index in [0.29, 0.717) is 0 Å². The summed E-state index contributed by atoms with van der Waals surface area (Å²) in [5, 5.41) is 0.906. The van der Waals surface area contributed by atoms with Crippen LogP contribution in [0.1, 0.15) is 13.8 Å². The zero-order valence-electron chi connectivity index (χ0n) is 6.53. The van der Waals surface area contributed by atoms with Gasteiger partial charge in [0.25, 0.3) is 0 Å². The van der Waals surface area contributed by atoms with Gasteiger partial charge in [-0.25, -0.2) is 0 Å². The van der Waals surface area contributed by atoms with Crippen LogP contribution in [-0.2, 0) is 0 Å². The van der Waals surface area contributed by atoms with Gasteiger partial charge in [-0.15, -0.1) is 0 Å². The molecular formula is C7H14ClN. The van der Waals surface area contributed by atoms with Crippen LogP contribution in [0.2, 0.25) is 0 Å². The van der Waals surface area contributed by atoms with Gasteiger partial charge in [-0.2, -0.15) is 0 Å². The molecule has 0 unspecified atom stereocenters. The largest absolute Gasteiger partial charge is 0.305 e. The van der Waals surface area contributed by atoms with Gasteiger partial charge in [0.05, 0.1) is 0 Å². The van der Waals surface area contributed by atoms with E-state index in [2.05, 4.69) is 4.90 Å². The minimum absolute atomic E-state index is 0.906. The SMILES string of the molecule is CC(Cl)=C(C)CN(C)C. The number of allylic oxidation sites excluding steroid dienone is 1. The standard InChI is InChI=1S/C7H14ClN/c1-6(7(2)8)5-9(3)4/h5H2,1-4H3. The van der Waals surface area contributed by atoms with Crippen molar-refractivity contribution >= 4 is 11.6 Å². The molecule has 0 aliphatic carbocycles. The average molecular weight is 148 g/mol. The third-order valence-corrected chi connectivity index (χ3v) is 1.46. The van der Waals surface area contributed by atoms with Crippen LogP contribution < -0.4 is 0 Å². The van der Waals surface area contributed by atoms with Crippen LogP contribution in [0, 0.1) is 0 Å². The predicted molar refractivity (Wildman–Crippen MR) is 42.8 cm³/mol. The molecule has 0 saturated heterocycles. The number of nitrogens with zero attached hydrogens (tertiary/aromatic N) is 1. The molecule has 54 valence electrons. The second-order valence-corrected chi connectivity index (χ2v) is 3.12. The summed E-state index contributed by atoms with van der Waals surface area (Å²) in [5.74, 6) is 0. The first-order valence-corrected chi connectivity index (χ1v) is 3.38. The molecule has 0 aliphatic rings. The molecule has 0 atom stereocenters. The Kier molecular flexibility index (Phi) is 3.91. The van der Waals surface area contributed by atoms with Crippen LogP contribution in [0.15, 0.2) is 10.6 Å². The van der Waals surface area contributed by atoms with E-state index in [1.54, 1.807) is 0 Å². The van der Waals surface area contributed by atoms with Crippen LogP contribution in [0.4, 0.5) is 0 Å². The molecule has 2 heteroatoms. The summed E-state index contributed by atoms with van der Waals surface area (Å²) >= 11 is 5.73. The van der Waals surface area contributed by atoms with Crippen molar-refractivity contribution in [3.63, 3.8) is 0 Å². The number of rotatable bonds is 2. The van der Waals surface area contributed by atoms with Gasteiger partial charge in [-0.1, -0.05) is 11.6 Å². The maximum Gasteiger partial charge on any atom is 0.0198 e. The molecule has 0 fully saturated rings. The van der Waals surface area contributed by atoms with Gasteiger partial charge in [-0.05, 0) is 33.5 Å². The van der Waals surface area contributed by atoms with Crippen molar-refractivity contribution in [2.75, 3.05) is 20.6 Å². The Morgan fingerprint density at radius 2 is 1.78 bits per heavy atom. The summed E-state index contributed by atoms with van der Waals surface area (Å²) in [5.41, 5.74) is 1.24. The predicted octanol–water partition coefficient (Wildman–Crippen LogP) is 2.08. The van der Waals surface area contributed by atoms with Gasteiger partial charge in [0.2, 0.25) is 0 Å². The molecule has 9 heavy (non-hydrogen) atoms. The maximum atomic E-state index is 5.73. The lowest BCUT2D eigenvalue weighted by Gasteiger charge is -2.09. The number of hydrogen-bond acceptors (Lipinski definition) is 1. The molecule has 0 radical (unpaired) electrons. The number of likely N-dealkylation sites (N-methyl/N-ethyl adjacent to an activating group) is 1. The molecule has 1 nitrogen and oxygen atoms in total. The lowest BCUT2D eigenvalue weighted by molar-refractivity contribution is 0.444. The summed E-state index contributed by atoms with van der Waals surface area (Å²) in [6.07, 6.45) is 0. The fourth-order valence-electron chi connectivity index (χ4n) is 0.583. The minimum atomic E-state index is 0.906. The Bertz CT molecular complexity index is 112. The van der Waals surface area contributed by atoms with E-state index in [9.17, 15) is 0 Å². The van der Waals surface area contributed by atoms with E-state index >= 15 is 0 Å². The first-order valence-electron chi connectivity index (χ1n) is 3.00. The van der Waals surface area contributed by atoms with E-state index in [0.717, 1.165) is 11.6 Å². The van der Waals surface area contributed by atoms with Gasteiger partial charge in [0.1, 0.15) is 0 Å². The zero-order chi connectivity index (χ0) is 7.44. The Labute approximate surface area is 62.3 Å². The van der Waals surface area contributed by atoms with Gasteiger partial charge in [0.15, 0.2) is 0 Å². The highest BCUT2D eigenvalue weighted by Crippen LogP contribution is 2.07. The second-order valence-electron chi connectivity index (χ2n) is 2.55. The third-order valence-electron chi connectivity index (χ3n) is 1.14. The fraction of sp³-hybridized carbons (Fsp3) is 0.714. The first kappa shape index (κ1) is 8.99. The van der Waals surface area contributed by atoms with Crippen LogP contribution >= 0.6 is 11.6 Å². The van der Waals surface area contributed by atoms with Crippen LogP contribution in [0.5, 0.6) is 0 Å². The Hall–Kier alpha value is -0.0100. The number of hydrogen-bond donors (Lipinski definition) is 0. The van der Waals surface area contributed by atoms with Crippen molar-refractivity contribution in [3.05, 3.63) is 10.6 Å². The minimum Gasteiger partial charge on any atom is -0.305 e. The third kappa shape index (κ3) is 4.49. The van der Waals surface area contributed by atoms with Crippen LogP contribution in [-0.4, -0.2) is 25.5 Å². The second kappa shape index (κ2) is 3.91. The zero-order valence-corrected chi connectivity index (χ0v) is 7.29. The molecule has 0 aromatic heterocycles. The van der Waals surface area contributed by atoms with Crippen molar-refractivity contribution in [3.8, 4) is 0 Å². The first-order chi connectivity index (χ1) is 4.04. The molecule has 0 heterocycles. The summed E-state index contributed by atoms with van der Waals surface area (Å²) < 4.78 is 0. The molecule has 0 rings (SSSR count). The maximum absolute atomic E-state index is 5.73. The van der Waals surface area contributed by atoms with E-state index in [4.69, 9.17) is 11.6 Å². The van der Waals surface area contributed by atoms with Crippen LogP contribution in [0.3, 0.4) is 0 Å². The van der Waals surface area contributed by atoms with Gasteiger partial charge < -0.3 is 4.90 Å². The Morgan fingerprint density at radius 3 is 1.89 bits per heavy atom. The summed E-state index contributed by atoms with van der Waals surface area (Å²) in [6.45, 7) is 4.91. The van der Waals surface area contributed by atoms with E-state index in [1.807, 2.05) is 27.9 Å². The quantitative estimate of drug-likeness (QED) is 0.578. The van der Waals surface area contributed by atoms with Gasteiger partial charge >= 0.3 is 0 Å². The topological polar surface area (TPSA) is 3.24 Å². The normalized spacial score (nSPS) is 14.0.